The Morgan fingerprint density at radius 3 is 2.48 bits per heavy atom. The van der Waals surface area contributed by atoms with Crippen LogP contribution in [0.2, 0.25) is 0 Å². The van der Waals surface area contributed by atoms with E-state index in [0.29, 0.717) is 22.6 Å². The molecule has 1 N–H and O–H groups in total. The highest BCUT2D eigenvalue weighted by molar-refractivity contribution is 7.17. The molecule has 2 aromatic rings. The Balaban J connectivity index is 2.55. The number of benzene rings is 1. The molecule has 0 spiro atoms. The van der Waals surface area contributed by atoms with E-state index in [-0.39, 0.29) is 5.01 Å². The van der Waals surface area contributed by atoms with Crippen molar-refractivity contribution < 1.29 is 27.8 Å². The molecule has 0 saturated heterocycles. The number of alkyl halides is 3. The van der Waals surface area contributed by atoms with E-state index in [0.717, 1.165) is 5.56 Å². The van der Waals surface area contributed by atoms with E-state index in [1.54, 1.807) is 19.1 Å². The van der Waals surface area contributed by atoms with Crippen molar-refractivity contribution in [2.24, 2.45) is 0 Å². The zero-order chi connectivity index (χ0) is 15.8. The number of aromatic nitrogens is 1. The first-order valence-electron chi connectivity index (χ1n) is 5.70. The molecule has 8 heteroatoms. The molecular formula is C13H10F3NO3S. The fraction of sp³-hybridized carbons (Fsp3) is 0.231. The summed E-state index contributed by atoms with van der Waals surface area (Å²) >= 11 is 0.498. The van der Waals surface area contributed by atoms with Gasteiger partial charge in [-0.1, -0.05) is 0 Å². The third-order valence-corrected chi connectivity index (χ3v) is 3.82. The molecule has 0 atom stereocenters. The van der Waals surface area contributed by atoms with Gasteiger partial charge < -0.3 is 9.84 Å². The summed E-state index contributed by atoms with van der Waals surface area (Å²) in [6, 6.07) is 4.74. The van der Waals surface area contributed by atoms with E-state index in [2.05, 4.69) is 4.98 Å². The average molecular weight is 317 g/mol. The topological polar surface area (TPSA) is 59.4 Å². The monoisotopic (exact) mass is 317 g/mol. The summed E-state index contributed by atoms with van der Waals surface area (Å²) in [5, 5.41) is 8.88. The van der Waals surface area contributed by atoms with Crippen LogP contribution >= 0.6 is 11.3 Å². The molecule has 0 unspecified atom stereocenters. The van der Waals surface area contributed by atoms with Crippen molar-refractivity contribution in [1.82, 2.24) is 4.98 Å². The van der Waals surface area contributed by atoms with Gasteiger partial charge in [-0.3, -0.25) is 0 Å². The first-order valence-corrected chi connectivity index (χ1v) is 6.52. The number of halogens is 3. The third kappa shape index (κ3) is 2.99. The lowest BCUT2D eigenvalue weighted by molar-refractivity contribution is -0.141. The first-order chi connectivity index (χ1) is 9.74. The predicted octanol–water partition coefficient (Wildman–Crippen LogP) is 3.84. The predicted molar refractivity (Wildman–Crippen MR) is 70.8 cm³/mol. The summed E-state index contributed by atoms with van der Waals surface area (Å²) in [4.78, 5) is 13.6. The van der Waals surface area contributed by atoms with E-state index >= 15 is 0 Å². The third-order valence-electron chi connectivity index (χ3n) is 2.73. The van der Waals surface area contributed by atoms with Crippen LogP contribution in [0.25, 0.3) is 10.6 Å². The van der Waals surface area contributed by atoms with Gasteiger partial charge in [0.25, 0.3) is 0 Å². The zero-order valence-electron chi connectivity index (χ0n) is 11.0. The first kappa shape index (κ1) is 15.3. The molecule has 0 aliphatic rings. The van der Waals surface area contributed by atoms with Crippen molar-refractivity contribution in [3.8, 4) is 16.3 Å². The van der Waals surface area contributed by atoms with Crippen LogP contribution in [-0.4, -0.2) is 23.2 Å². The van der Waals surface area contributed by atoms with E-state index in [1.807, 2.05) is 0 Å². The Morgan fingerprint density at radius 2 is 2.05 bits per heavy atom. The van der Waals surface area contributed by atoms with Crippen molar-refractivity contribution in [2.45, 2.75) is 13.1 Å². The van der Waals surface area contributed by atoms with E-state index < -0.39 is 22.7 Å². The number of hydrogen-bond donors (Lipinski definition) is 1. The summed E-state index contributed by atoms with van der Waals surface area (Å²) in [6.45, 7) is 1.73. The Kier molecular flexibility index (Phi) is 3.91. The van der Waals surface area contributed by atoms with Gasteiger partial charge in [-0.15, -0.1) is 11.3 Å². The second-order valence-electron chi connectivity index (χ2n) is 4.18. The Bertz CT molecular complexity index is 694. The summed E-state index contributed by atoms with van der Waals surface area (Å²) in [7, 11) is 1.48. The molecule has 1 aromatic carbocycles. The van der Waals surface area contributed by atoms with Gasteiger partial charge in [0, 0.05) is 5.56 Å². The molecule has 2 rings (SSSR count). The maximum absolute atomic E-state index is 12.8. The molecule has 1 aromatic heterocycles. The average Bonchev–Trinajstić information content (AvgIpc) is 2.83. The molecule has 0 bridgehead atoms. The summed E-state index contributed by atoms with van der Waals surface area (Å²) < 4.78 is 43.5. The number of carboxylic acid groups (broad SMARTS) is 1. The van der Waals surface area contributed by atoms with Crippen molar-refractivity contribution in [1.29, 1.82) is 0 Å². The summed E-state index contributed by atoms with van der Waals surface area (Å²) in [5.41, 5.74) is -0.240. The lowest BCUT2D eigenvalue weighted by Gasteiger charge is -2.05. The van der Waals surface area contributed by atoms with Gasteiger partial charge in [0.1, 0.15) is 15.6 Å². The molecule has 112 valence electrons. The number of carbonyl (C=O) groups is 1. The minimum Gasteiger partial charge on any atom is -0.496 e. The number of hydrogen-bond acceptors (Lipinski definition) is 4. The molecule has 0 radical (unpaired) electrons. The standard InChI is InChI=1S/C13H10F3NO3S/c1-6-5-7(3-4-8(6)20-2)11-17-10(13(14,15)16)9(21-11)12(18)19/h3-5H,1-2H3,(H,18,19). The van der Waals surface area contributed by atoms with Gasteiger partial charge >= 0.3 is 12.1 Å². The normalized spacial score (nSPS) is 11.5. The van der Waals surface area contributed by atoms with Gasteiger partial charge in [0.05, 0.1) is 7.11 Å². The fourth-order valence-corrected chi connectivity index (χ4v) is 2.71. The smallest absolute Gasteiger partial charge is 0.435 e. The second-order valence-corrected chi connectivity index (χ2v) is 5.18. The molecule has 0 fully saturated rings. The Morgan fingerprint density at radius 1 is 1.38 bits per heavy atom. The molecule has 0 amide bonds. The molecule has 21 heavy (non-hydrogen) atoms. The van der Waals surface area contributed by atoms with Crippen LogP contribution in [0, 0.1) is 6.92 Å². The van der Waals surface area contributed by atoms with Crippen LogP contribution in [0.1, 0.15) is 20.9 Å². The van der Waals surface area contributed by atoms with Crippen LogP contribution < -0.4 is 4.74 Å². The molecule has 0 saturated carbocycles. The Hall–Kier alpha value is -2.09. The number of thiazole rings is 1. The van der Waals surface area contributed by atoms with Gasteiger partial charge in [0.15, 0.2) is 5.69 Å². The number of nitrogens with zero attached hydrogens (tertiary/aromatic N) is 1. The highest BCUT2D eigenvalue weighted by Crippen LogP contribution is 2.38. The number of ether oxygens (including phenoxy) is 1. The van der Waals surface area contributed by atoms with Gasteiger partial charge in [-0.05, 0) is 30.7 Å². The van der Waals surface area contributed by atoms with Gasteiger partial charge in [-0.25, -0.2) is 9.78 Å². The number of aryl methyl sites for hydroxylation is 1. The fourth-order valence-electron chi connectivity index (χ4n) is 1.79. The minimum absolute atomic E-state index is 0.00507. The van der Waals surface area contributed by atoms with Crippen molar-refractivity contribution >= 4 is 17.3 Å². The lowest BCUT2D eigenvalue weighted by atomic mass is 10.1. The van der Waals surface area contributed by atoms with E-state index in [4.69, 9.17) is 9.84 Å². The van der Waals surface area contributed by atoms with Gasteiger partial charge in [0.2, 0.25) is 0 Å². The van der Waals surface area contributed by atoms with Crippen LogP contribution in [0.3, 0.4) is 0 Å². The van der Waals surface area contributed by atoms with Crippen LogP contribution in [-0.2, 0) is 6.18 Å². The molecule has 0 aliphatic heterocycles. The number of carboxylic acids is 1. The maximum atomic E-state index is 12.8. The maximum Gasteiger partial charge on any atom is 0.435 e. The second kappa shape index (κ2) is 5.36. The molecular weight excluding hydrogens is 307 g/mol. The molecule has 1 heterocycles. The van der Waals surface area contributed by atoms with Crippen molar-refractivity contribution in [3.63, 3.8) is 0 Å². The van der Waals surface area contributed by atoms with Crippen LogP contribution in [0.15, 0.2) is 18.2 Å². The van der Waals surface area contributed by atoms with Crippen molar-refractivity contribution in [2.75, 3.05) is 7.11 Å². The van der Waals surface area contributed by atoms with E-state index in [9.17, 15) is 18.0 Å². The number of rotatable bonds is 3. The lowest BCUT2D eigenvalue weighted by Crippen LogP contribution is -2.11. The quantitative estimate of drug-likeness (QED) is 0.934. The number of methoxy groups -OCH3 is 1. The van der Waals surface area contributed by atoms with Crippen molar-refractivity contribution in [3.05, 3.63) is 34.3 Å². The van der Waals surface area contributed by atoms with Crippen LogP contribution in [0.5, 0.6) is 5.75 Å². The molecule has 0 aliphatic carbocycles. The SMILES string of the molecule is COc1ccc(-c2nc(C(F)(F)F)c(C(=O)O)s2)cc1C. The molecule has 4 nitrogen and oxygen atoms in total. The summed E-state index contributed by atoms with van der Waals surface area (Å²) in [6.07, 6.45) is -4.80. The number of aromatic carboxylic acids is 1. The summed E-state index contributed by atoms with van der Waals surface area (Å²) in [5.74, 6) is -1.05. The highest BCUT2D eigenvalue weighted by Gasteiger charge is 2.39. The largest absolute Gasteiger partial charge is 0.496 e. The Labute approximate surface area is 121 Å². The van der Waals surface area contributed by atoms with E-state index in [1.165, 1.54) is 13.2 Å². The minimum atomic E-state index is -4.80. The zero-order valence-corrected chi connectivity index (χ0v) is 11.8. The van der Waals surface area contributed by atoms with Crippen LogP contribution in [0.4, 0.5) is 13.2 Å². The highest BCUT2D eigenvalue weighted by atomic mass is 32.1. The van der Waals surface area contributed by atoms with Gasteiger partial charge in [-0.2, -0.15) is 13.2 Å².